The van der Waals surface area contributed by atoms with E-state index in [-0.39, 0.29) is 6.10 Å². The maximum absolute atomic E-state index is 6.07. The van der Waals surface area contributed by atoms with Gasteiger partial charge in [0, 0.05) is 6.20 Å². The van der Waals surface area contributed by atoms with Gasteiger partial charge in [-0.1, -0.05) is 12.1 Å². The van der Waals surface area contributed by atoms with E-state index in [1.54, 1.807) is 6.20 Å². The fourth-order valence-electron chi connectivity index (χ4n) is 2.31. The van der Waals surface area contributed by atoms with Crippen molar-refractivity contribution in [3.05, 3.63) is 48.3 Å². The molecule has 0 unspecified atom stereocenters. The maximum Gasteiger partial charge on any atom is 0.201 e. The van der Waals surface area contributed by atoms with Crippen molar-refractivity contribution in [2.24, 2.45) is 0 Å². The normalized spacial score (nSPS) is 11.2. The standard InChI is InChI=1S/C16H18N4O/c1-11(2)21-14-8-5-7-13-15(14)19-16(17)20(13)10-12-6-3-4-9-18-12/h3-9,11H,10H2,1-2H3,(H2,17,19). The lowest BCUT2D eigenvalue weighted by Crippen LogP contribution is -2.06. The first-order valence-corrected chi connectivity index (χ1v) is 6.96. The molecular formula is C16H18N4O. The molecule has 108 valence electrons. The van der Waals surface area contributed by atoms with Crippen LogP contribution in [-0.2, 0) is 6.54 Å². The van der Waals surface area contributed by atoms with Crippen LogP contribution in [0, 0.1) is 0 Å². The Balaban J connectivity index is 2.05. The van der Waals surface area contributed by atoms with Crippen molar-refractivity contribution in [2.75, 3.05) is 5.73 Å². The molecule has 2 aromatic heterocycles. The summed E-state index contributed by atoms with van der Waals surface area (Å²) < 4.78 is 7.75. The molecular weight excluding hydrogens is 264 g/mol. The first-order valence-electron chi connectivity index (χ1n) is 6.96. The van der Waals surface area contributed by atoms with Gasteiger partial charge in [-0.15, -0.1) is 0 Å². The lowest BCUT2D eigenvalue weighted by molar-refractivity contribution is 0.245. The minimum atomic E-state index is 0.0952. The summed E-state index contributed by atoms with van der Waals surface area (Å²) in [5.41, 5.74) is 8.76. The number of hydrogen-bond donors (Lipinski definition) is 1. The summed E-state index contributed by atoms with van der Waals surface area (Å²) in [5.74, 6) is 1.23. The van der Waals surface area contributed by atoms with E-state index in [0.717, 1.165) is 22.5 Å². The predicted octanol–water partition coefficient (Wildman–Crippen LogP) is 2.85. The Kier molecular flexibility index (Phi) is 3.48. The topological polar surface area (TPSA) is 66.0 Å². The van der Waals surface area contributed by atoms with E-state index in [2.05, 4.69) is 9.97 Å². The highest BCUT2D eigenvalue weighted by atomic mass is 16.5. The second kappa shape index (κ2) is 5.44. The van der Waals surface area contributed by atoms with Gasteiger partial charge in [0.2, 0.25) is 5.95 Å². The van der Waals surface area contributed by atoms with Crippen LogP contribution >= 0.6 is 0 Å². The smallest absolute Gasteiger partial charge is 0.201 e. The minimum absolute atomic E-state index is 0.0952. The van der Waals surface area contributed by atoms with E-state index in [1.807, 2.05) is 54.8 Å². The van der Waals surface area contributed by atoms with Crippen molar-refractivity contribution in [1.82, 2.24) is 14.5 Å². The third-order valence-corrected chi connectivity index (χ3v) is 3.18. The number of pyridine rings is 1. The quantitative estimate of drug-likeness (QED) is 0.799. The van der Waals surface area contributed by atoms with Gasteiger partial charge in [0.05, 0.1) is 23.9 Å². The molecule has 3 aromatic rings. The van der Waals surface area contributed by atoms with Crippen LogP contribution in [0.2, 0.25) is 0 Å². The SMILES string of the molecule is CC(C)Oc1cccc2c1nc(N)n2Cc1ccccn1. The average Bonchev–Trinajstić information content (AvgIpc) is 2.77. The number of anilines is 1. The molecule has 1 aromatic carbocycles. The van der Waals surface area contributed by atoms with Crippen LogP contribution < -0.4 is 10.5 Å². The van der Waals surface area contributed by atoms with Gasteiger partial charge in [0.15, 0.2) is 0 Å². The largest absolute Gasteiger partial charge is 0.489 e. The number of aromatic nitrogens is 3. The number of nitrogen functional groups attached to an aromatic ring is 1. The molecule has 0 aliphatic heterocycles. The third-order valence-electron chi connectivity index (χ3n) is 3.18. The van der Waals surface area contributed by atoms with E-state index in [4.69, 9.17) is 10.5 Å². The summed E-state index contributed by atoms with van der Waals surface area (Å²) in [5, 5.41) is 0. The Bertz CT molecular complexity index is 750. The first-order chi connectivity index (χ1) is 10.1. The summed E-state index contributed by atoms with van der Waals surface area (Å²) in [4.78, 5) is 8.79. The lowest BCUT2D eigenvalue weighted by Gasteiger charge is -2.10. The molecule has 0 aliphatic rings. The Morgan fingerprint density at radius 3 is 2.76 bits per heavy atom. The van der Waals surface area contributed by atoms with Gasteiger partial charge in [-0.2, -0.15) is 0 Å². The summed E-state index contributed by atoms with van der Waals surface area (Å²) in [7, 11) is 0. The summed E-state index contributed by atoms with van der Waals surface area (Å²) in [6, 6.07) is 11.7. The van der Waals surface area contributed by atoms with E-state index in [9.17, 15) is 0 Å². The summed E-state index contributed by atoms with van der Waals surface area (Å²) in [6.07, 6.45) is 1.87. The van der Waals surface area contributed by atoms with Crippen LogP contribution in [0.3, 0.4) is 0 Å². The number of rotatable bonds is 4. The Morgan fingerprint density at radius 1 is 1.19 bits per heavy atom. The number of hydrogen-bond acceptors (Lipinski definition) is 4. The molecule has 0 atom stereocenters. The fourth-order valence-corrected chi connectivity index (χ4v) is 2.31. The van der Waals surface area contributed by atoms with Crippen molar-refractivity contribution in [1.29, 1.82) is 0 Å². The molecule has 5 nitrogen and oxygen atoms in total. The molecule has 5 heteroatoms. The highest BCUT2D eigenvalue weighted by Gasteiger charge is 2.13. The molecule has 0 aliphatic carbocycles. The number of ether oxygens (including phenoxy) is 1. The number of nitrogens with zero attached hydrogens (tertiary/aromatic N) is 3. The maximum atomic E-state index is 6.07. The van der Waals surface area contributed by atoms with Gasteiger partial charge in [-0.25, -0.2) is 4.98 Å². The average molecular weight is 282 g/mol. The summed E-state index contributed by atoms with van der Waals surface area (Å²) in [6.45, 7) is 4.58. The van der Waals surface area contributed by atoms with Gasteiger partial charge in [-0.3, -0.25) is 4.98 Å². The van der Waals surface area contributed by atoms with Crippen LogP contribution in [0.25, 0.3) is 11.0 Å². The monoisotopic (exact) mass is 282 g/mol. The summed E-state index contributed by atoms with van der Waals surface area (Å²) >= 11 is 0. The van der Waals surface area contributed by atoms with Crippen molar-refractivity contribution >= 4 is 17.0 Å². The molecule has 0 bridgehead atoms. The van der Waals surface area contributed by atoms with Crippen LogP contribution in [0.15, 0.2) is 42.6 Å². The van der Waals surface area contributed by atoms with E-state index >= 15 is 0 Å². The molecule has 2 heterocycles. The number of nitrogens with two attached hydrogens (primary N) is 1. The van der Waals surface area contributed by atoms with Gasteiger partial charge in [0.1, 0.15) is 11.3 Å². The molecule has 3 rings (SSSR count). The van der Waals surface area contributed by atoms with Gasteiger partial charge >= 0.3 is 0 Å². The number of fused-ring (bicyclic) bond motifs is 1. The zero-order chi connectivity index (χ0) is 14.8. The second-order valence-electron chi connectivity index (χ2n) is 5.17. The van der Waals surface area contributed by atoms with E-state index in [1.165, 1.54) is 0 Å². The zero-order valence-corrected chi connectivity index (χ0v) is 12.2. The molecule has 0 radical (unpaired) electrons. The van der Waals surface area contributed by atoms with Crippen molar-refractivity contribution in [3.8, 4) is 5.75 Å². The third kappa shape index (κ3) is 2.67. The first kappa shape index (κ1) is 13.4. The van der Waals surface area contributed by atoms with E-state index < -0.39 is 0 Å². The lowest BCUT2D eigenvalue weighted by atomic mass is 10.2. The van der Waals surface area contributed by atoms with Crippen LogP contribution in [0.4, 0.5) is 5.95 Å². The number of imidazole rings is 1. The number of para-hydroxylation sites is 1. The van der Waals surface area contributed by atoms with Crippen molar-refractivity contribution in [3.63, 3.8) is 0 Å². The molecule has 0 spiro atoms. The van der Waals surface area contributed by atoms with Gasteiger partial charge in [0.25, 0.3) is 0 Å². The molecule has 0 saturated heterocycles. The van der Waals surface area contributed by atoms with Crippen LogP contribution in [0.5, 0.6) is 5.75 Å². The predicted molar refractivity (Wildman–Crippen MR) is 83.2 cm³/mol. The van der Waals surface area contributed by atoms with E-state index in [0.29, 0.717) is 12.5 Å². The van der Waals surface area contributed by atoms with Gasteiger partial charge in [-0.05, 0) is 38.1 Å². The Morgan fingerprint density at radius 2 is 2.05 bits per heavy atom. The van der Waals surface area contributed by atoms with Crippen LogP contribution in [-0.4, -0.2) is 20.6 Å². The number of benzene rings is 1. The van der Waals surface area contributed by atoms with Crippen molar-refractivity contribution in [2.45, 2.75) is 26.5 Å². The van der Waals surface area contributed by atoms with Crippen molar-refractivity contribution < 1.29 is 4.74 Å². The zero-order valence-electron chi connectivity index (χ0n) is 12.2. The molecule has 21 heavy (non-hydrogen) atoms. The molecule has 0 amide bonds. The highest BCUT2D eigenvalue weighted by molar-refractivity contribution is 5.84. The molecule has 2 N–H and O–H groups in total. The Labute approximate surface area is 123 Å². The molecule has 0 saturated carbocycles. The highest BCUT2D eigenvalue weighted by Crippen LogP contribution is 2.28. The fraction of sp³-hybridized carbons (Fsp3) is 0.250. The minimum Gasteiger partial charge on any atom is -0.489 e. The Hall–Kier alpha value is -2.56. The van der Waals surface area contributed by atoms with Gasteiger partial charge < -0.3 is 15.0 Å². The second-order valence-corrected chi connectivity index (χ2v) is 5.17. The molecule has 0 fully saturated rings. The van der Waals surface area contributed by atoms with Crippen LogP contribution in [0.1, 0.15) is 19.5 Å².